The van der Waals surface area contributed by atoms with E-state index in [0.717, 1.165) is 18.6 Å². The molecule has 33 heavy (non-hydrogen) atoms. The molecule has 3 aromatic heterocycles. The summed E-state index contributed by atoms with van der Waals surface area (Å²) < 4.78 is 85.7. The van der Waals surface area contributed by atoms with Crippen molar-refractivity contribution in [1.82, 2.24) is 29.3 Å². The molecule has 3 aromatic rings. The number of alkyl halides is 4. The second kappa shape index (κ2) is 8.46. The predicted molar refractivity (Wildman–Crippen MR) is 108 cm³/mol. The number of nitrogens with zero attached hydrogens (tertiary/aromatic N) is 6. The van der Waals surface area contributed by atoms with Crippen molar-refractivity contribution in [3.8, 4) is 11.4 Å². The van der Waals surface area contributed by atoms with Crippen molar-refractivity contribution in [3.63, 3.8) is 0 Å². The number of nitrogens with one attached hydrogen (secondary N) is 1. The Morgan fingerprint density at radius 1 is 1.27 bits per heavy atom. The molecule has 0 aliphatic carbocycles. The number of sulfonamides is 1. The summed E-state index contributed by atoms with van der Waals surface area (Å²) in [6.07, 6.45) is -4.10. The number of fused-ring (bicyclic) bond motifs is 1. The van der Waals surface area contributed by atoms with E-state index >= 15 is 0 Å². The maximum atomic E-state index is 14.3. The number of aromatic nitrogens is 5. The molecule has 0 saturated carbocycles. The van der Waals surface area contributed by atoms with Gasteiger partial charge < -0.3 is 9.64 Å². The van der Waals surface area contributed by atoms with Gasteiger partial charge in [-0.15, -0.1) is 0 Å². The number of hydrogen-bond acceptors (Lipinski definition) is 8. The molecule has 2 atom stereocenters. The number of morpholine rings is 1. The zero-order valence-electron chi connectivity index (χ0n) is 17.4. The number of imidazole rings is 1. The summed E-state index contributed by atoms with van der Waals surface area (Å²) in [7, 11) is -3.62. The molecule has 4 heterocycles. The van der Waals surface area contributed by atoms with Crippen LogP contribution in [-0.2, 0) is 14.8 Å². The number of ether oxygens (including phenoxy) is 1. The van der Waals surface area contributed by atoms with E-state index in [1.165, 1.54) is 27.7 Å². The first-order chi connectivity index (χ1) is 15.4. The highest BCUT2D eigenvalue weighted by atomic mass is 32.2. The first kappa shape index (κ1) is 23.3. The zero-order chi connectivity index (χ0) is 24.0. The van der Waals surface area contributed by atoms with Gasteiger partial charge in [0.25, 0.3) is 6.43 Å². The lowest BCUT2D eigenvalue weighted by Gasteiger charge is -2.43. The van der Waals surface area contributed by atoms with Crippen LogP contribution in [0, 0.1) is 0 Å². The molecule has 1 saturated heterocycles. The van der Waals surface area contributed by atoms with Crippen LogP contribution in [0.3, 0.4) is 0 Å². The van der Waals surface area contributed by atoms with Gasteiger partial charge >= 0.3 is 6.11 Å². The van der Waals surface area contributed by atoms with Crippen LogP contribution in [-0.4, -0.2) is 70.6 Å². The minimum absolute atomic E-state index is 0.111. The molecule has 10 nitrogen and oxygen atoms in total. The molecule has 1 aliphatic heterocycles. The van der Waals surface area contributed by atoms with Gasteiger partial charge in [-0.05, 0) is 19.1 Å². The lowest BCUT2D eigenvalue weighted by molar-refractivity contribution is -0.272. The van der Waals surface area contributed by atoms with Crippen molar-refractivity contribution >= 4 is 21.5 Å². The van der Waals surface area contributed by atoms with Crippen LogP contribution in [0.1, 0.15) is 19.0 Å². The van der Waals surface area contributed by atoms with Gasteiger partial charge in [-0.3, -0.25) is 0 Å². The van der Waals surface area contributed by atoms with E-state index in [1.54, 1.807) is 6.92 Å². The van der Waals surface area contributed by atoms with Crippen molar-refractivity contribution in [2.75, 3.05) is 24.2 Å². The molecule has 0 amide bonds. The van der Waals surface area contributed by atoms with Crippen molar-refractivity contribution in [2.45, 2.75) is 31.6 Å². The lowest BCUT2D eigenvalue weighted by Crippen LogP contribution is -2.59. The summed E-state index contributed by atoms with van der Waals surface area (Å²) in [5.74, 6) is 0.111. The highest BCUT2D eigenvalue weighted by Crippen LogP contribution is 2.33. The van der Waals surface area contributed by atoms with Crippen molar-refractivity contribution in [3.05, 3.63) is 36.4 Å². The monoisotopic (exact) mass is 489 g/mol. The summed E-state index contributed by atoms with van der Waals surface area (Å²) in [5.41, 5.74) is 0.324. The van der Waals surface area contributed by atoms with Gasteiger partial charge in [0, 0.05) is 12.6 Å². The molecule has 1 N–H and O–H groups in total. The predicted octanol–water partition coefficient (Wildman–Crippen LogP) is 1.86. The summed E-state index contributed by atoms with van der Waals surface area (Å²) in [6, 6.07) is 3.25. The van der Waals surface area contributed by atoms with Gasteiger partial charge in [0.15, 0.2) is 5.65 Å². The molecule has 15 heteroatoms. The Labute approximate surface area is 185 Å². The van der Waals surface area contributed by atoms with Gasteiger partial charge in [0.1, 0.15) is 30.1 Å². The number of anilines is 1. The van der Waals surface area contributed by atoms with E-state index in [9.17, 15) is 26.0 Å². The molecule has 0 spiro atoms. The second-order valence-electron chi connectivity index (χ2n) is 7.52. The number of rotatable bonds is 6. The normalized spacial score (nSPS) is 21.1. The largest absolute Gasteiger partial charge is 0.373 e. The van der Waals surface area contributed by atoms with Crippen LogP contribution in [0.2, 0.25) is 0 Å². The third-order valence-corrected chi connectivity index (χ3v) is 5.76. The molecule has 0 aromatic carbocycles. The topological polar surface area (TPSA) is 115 Å². The summed E-state index contributed by atoms with van der Waals surface area (Å²) in [4.78, 5) is 13.6. The van der Waals surface area contributed by atoms with E-state index in [2.05, 4.69) is 24.8 Å². The molecule has 178 valence electrons. The van der Waals surface area contributed by atoms with Gasteiger partial charge in [-0.25, -0.2) is 41.4 Å². The quantitative estimate of drug-likeness (QED) is 0.522. The molecule has 2 unspecified atom stereocenters. The first-order valence-electron chi connectivity index (χ1n) is 9.66. The zero-order valence-corrected chi connectivity index (χ0v) is 18.2. The Kier molecular flexibility index (Phi) is 5.96. The fourth-order valence-corrected chi connectivity index (χ4v) is 3.93. The number of hydrogen-bond donors (Lipinski definition) is 1. The van der Waals surface area contributed by atoms with Crippen molar-refractivity contribution in [1.29, 1.82) is 0 Å². The fraction of sp³-hybridized carbons (Fsp3) is 0.444. The molecular formula is C18H19F4N7O3S. The van der Waals surface area contributed by atoms with Crippen LogP contribution in [0.5, 0.6) is 0 Å². The van der Waals surface area contributed by atoms with Gasteiger partial charge in [0.05, 0.1) is 30.3 Å². The third kappa shape index (κ3) is 5.04. The van der Waals surface area contributed by atoms with Gasteiger partial charge in [0.2, 0.25) is 10.0 Å². The van der Waals surface area contributed by atoms with E-state index in [0.29, 0.717) is 5.65 Å². The van der Waals surface area contributed by atoms with Crippen LogP contribution >= 0.6 is 0 Å². The van der Waals surface area contributed by atoms with Gasteiger partial charge in [-0.1, -0.05) is 0 Å². The molecule has 0 bridgehead atoms. The summed E-state index contributed by atoms with van der Waals surface area (Å²) in [5, 5.41) is 3.88. The molecule has 0 radical (unpaired) electrons. The smallest absolute Gasteiger partial charge is 0.342 e. The van der Waals surface area contributed by atoms with E-state index in [-0.39, 0.29) is 23.8 Å². The minimum atomic E-state index is -3.62. The Morgan fingerprint density at radius 2 is 2.03 bits per heavy atom. The van der Waals surface area contributed by atoms with Gasteiger partial charge in [-0.2, -0.15) is 13.9 Å². The number of halogens is 4. The fourth-order valence-electron chi connectivity index (χ4n) is 3.46. The average molecular weight is 489 g/mol. The van der Waals surface area contributed by atoms with Crippen molar-refractivity contribution < 1.29 is 30.7 Å². The first-order valence-corrected chi connectivity index (χ1v) is 11.5. The van der Waals surface area contributed by atoms with Crippen LogP contribution in [0.4, 0.5) is 23.4 Å². The third-order valence-electron chi connectivity index (χ3n) is 5.07. The molecule has 1 aliphatic rings. The van der Waals surface area contributed by atoms with E-state index in [4.69, 9.17) is 4.74 Å². The molecular weight excluding hydrogens is 470 g/mol. The van der Waals surface area contributed by atoms with E-state index < -0.39 is 46.9 Å². The second-order valence-corrected chi connectivity index (χ2v) is 9.35. The summed E-state index contributed by atoms with van der Waals surface area (Å²) in [6.45, 7) is 0.398. The molecule has 4 rings (SSSR count). The lowest BCUT2D eigenvalue weighted by atomic mass is 10.1. The Hall–Kier alpha value is -2.91. The SMILES string of the molecule is CC1C(CNS(C)(=O)=O)OC(F)(F)CN1c1cc(-c2cnc3ccc(C(F)F)nn23)ncn1. The van der Waals surface area contributed by atoms with Crippen LogP contribution in [0.25, 0.3) is 17.0 Å². The van der Waals surface area contributed by atoms with Crippen molar-refractivity contribution in [2.24, 2.45) is 0 Å². The maximum absolute atomic E-state index is 14.3. The highest BCUT2D eigenvalue weighted by molar-refractivity contribution is 7.88. The van der Waals surface area contributed by atoms with Crippen LogP contribution in [0.15, 0.2) is 30.7 Å². The Balaban J connectivity index is 1.68. The maximum Gasteiger partial charge on any atom is 0.373 e. The Bertz CT molecular complexity index is 1270. The standard InChI is InChI=1S/C18H19F4N7O3S/c1-10-14(7-26-33(2,30)31)32-18(21,22)8-28(10)16-5-12(24-9-25-16)13-6-23-15-4-3-11(17(19)20)27-29(13)15/h3-6,9-10,14,17,26H,7-8H2,1-2H3. The summed E-state index contributed by atoms with van der Waals surface area (Å²) >= 11 is 0. The van der Waals surface area contributed by atoms with Crippen LogP contribution < -0.4 is 9.62 Å². The van der Waals surface area contributed by atoms with E-state index in [1.807, 2.05) is 0 Å². The highest BCUT2D eigenvalue weighted by Gasteiger charge is 2.46. The molecule has 1 fully saturated rings. The Morgan fingerprint density at radius 3 is 2.73 bits per heavy atom. The average Bonchev–Trinajstić information content (AvgIpc) is 3.17. The minimum Gasteiger partial charge on any atom is -0.342 e.